The van der Waals surface area contributed by atoms with Crippen molar-refractivity contribution in [3.63, 3.8) is 0 Å². The maximum absolute atomic E-state index is 12.6. The van der Waals surface area contributed by atoms with Gasteiger partial charge in [-0.05, 0) is 25.0 Å². The highest BCUT2D eigenvalue weighted by atomic mass is 32.2. The quantitative estimate of drug-likeness (QED) is 0.883. The van der Waals surface area contributed by atoms with Gasteiger partial charge in [-0.3, -0.25) is 4.79 Å². The third kappa shape index (κ3) is 2.44. The molecule has 1 saturated heterocycles. The van der Waals surface area contributed by atoms with Crippen LogP contribution in [0.5, 0.6) is 11.5 Å². The minimum absolute atomic E-state index is 0.0277. The molecule has 7 nitrogen and oxygen atoms in total. The predicted molar refractivity (Wildman–Crippen MR) is 72.0 cm³/mol. The van der Waals surface area contributed by atoms with E-state index in [0.29, 0.717) is 37.6 Å². The van der Waals surface area contributed by atoms with Crippen LogP contribution in [-0.4, -0.2) is 49.6 Å². The summed E-state index contributed by atoms with van der Waals surface area (Å²) in [6, 6.07) is 3.34. The zero-order chi connectivity index (χ0) is 15.0. The van der Waals surface area contributed by atoms with Crippen LogP contribution in [0.15, 0.2) is 23.1 Å². The summed E-state index contributed by atoms with van der Waals surface area (Å²) in [5.41, 5.74) is 0. The average molecular weight is 313 g/mol. The number of carbonyl (C=O) groups is 1. The third-order valence-electron chi connectivity index (χ3n) is 3.61. The van der Waals surface area contributed by atoms with E-state index in [9.17, 15) is 13.2 Å². The minimum atomic E-state index is -3.85. The zero-order valence-electron chi connectivity index (χ0n) is 11.2. The molecule has 0 aromatic heterocycles. The smallest absolute Gasteiger partial charge is 0.322 e. The molecule has 0 aliphatic carbocycles. The second-order valence-electron chi connectivity index (χ2n) is 4.92. The highest BCUT2D eigenvalue weighted by molar-refractivity contribution is 7.89. The van der Waals surface area contributed by atoms with Gasteiger partial charge in [-0.1, -0.05) is 0 Å². The maximum Gasteiger partial charge on any atom is 0.322 e. The fourth-order valence-electron chi connectivity index (χ4n) is 2.59. The van der Waals surface area contributed by atoms with E-state index in [1.165, 1.54) is 18.2 Å². The molecule has 0 unspecified atom stereocenters. The molecule has 1 aromatic carbocycles. The lowest BCUT2D eigenvalue weighted by Gasteiger charge is -2.23. The molecular formula is C13H15NO6S. The second kappa shape index (κ2) is 5.19. The SMILES string of the molecule is O=C(O)[C@H]1CCCN1S(=O)(=O)c1ccc2c(c1)OCCO2. The number of aliphatic carboxylic acids is 1. The second-order valence-corrected chi connectivity index (χ2v) is 6.81. The van der Waals surface area contributed by atoms with E-state index in [1.54, 1.807) is 0 Å². The van der Waals surface area contributed by atoms with Crippen LogP contribution in [0.1, 0.15) is 12.8 Å². The Kier molecular flexibility index (Phi) is 3.50. The number of sulfonamides is 1. The fraction of sp³-hybridized carbons (Fsp3) is 0.462. The minimum Gasteiger partial charge on any atom is -0.486 e. The molecule has 1 N–H and O–H groups in total. The summed E-state index contributed by atoms with van der Waals surface area (Å²) < 4.78 is 37.0. The van der Waals surface area contributed by atoms with Crippen molar-refractivity contribution in [1.29, 1.82) is 0 Å². The summed E-state index contributed by atoms with van der Waals surface area (Å²) in [6.07, 6.45) is 0.875. The number of hydrogen-bond acceptors (Lipinski definition) is 5. The third-order valence-corrected chi connectivity index (χ3v) is 5.51. The van der Waals surface area contributed by atoms with Crippen LogP contribution < -0.4 is 9.47 Å². The normalized spacial score (nSPS) is 22.2. The van der Waals surface area contributed by atoms with Gasteiger partial charge < -0.3 is 14.6 Å². The molecule has 0 bridgehead atoms. The molecule has 1 aromatic rings. The molecule has 0 spiro atoms. The van der Waals surface area contributed by atoms with Crippen molar-refractivity contribution in [1.82, 2.24) is 4.31 Å². The molecule has 1 fully saturated rings. The molecule has 1 atom stereocenters. The summed E-state index contributed by atoms with van der Waals surface area (Å²) in [4.78, 5) is 11.2. The Morgan fingerprint density at radius 1 is 1.24 bits per heavy atom. The van der Waals surface area contributed by atoms with Gasteiger partial charge >= 0.3 is 5.97 Å². The van der Waals surface area contributed by atoms with E-state index < -0.39 is 22.0 Å². The number of carboxylic acid groups (broad SMARTS) is 1. The molecule has 0 saturated carbocycles. The highest BCUT2D eigenvalue weighted by Crippen LogP contribution is 2.34. The summed E-state index contributed by atoms with van der Waals surface area (Å²) in [6.45, 7) is 0.998. The monoisotopic (exact) mass is 313 g/mol. The van der Waals surface area contributed by atoms with Crippen LogP contribution in [0, 0.1) is 0 Å². The average Bonchev–Trinajstić information content (AvgIpc) is 2.97. The van der Waals surface area contributed by atoms with Crippen LogP contribution in [0.4, 0.5) is 0 Å². The molecular weight excluding hydrogens is 298 g/mol. The van der Waals surface area contributed by atoms with Gasteiger partial charge in [0.05, 0.1) is 4.90 Å². The molecule has 2 aliphatic heterocycles. The van der Waals surface area contributed by atoms with Gasteiger partial charge in [0.1, 0.15) is 19.3 Å². The number of fused-ring (bicyclic) bond motifs is 1. The van der Waals surface area contributed by atoms with Gasteiger partial charge in [-0.25, -0.2) is 8.42 Å². The predicted octanol–water partition coefficient (Wildman–Crippen LogP) is 0.696. The first-order chi connectivity index (χ1) is 10.00. The Morgan fingerprint density at radius 2 is 1.95 bits per heavy atom. The molecule has 21 heavy (non-hydrogen) atoms. The number of hydrogen-bond donors (Lipinski definition) is 1. The number of ether oxygens (including phenoxy) is 2. The lowest BCUT2D eigenvalue weighted by molar-refractivity contribution is -0.140. The summed E-state index contributed by atoms with van der Waals surface area (Å²) in [5.74, 6) is -0.251. The van der Waals surface area contributed by atoms with Crippen LogP contribution in [0.25, 0.3) is 0 Å². The summed E-state index contributed by atoms with van der Waals surface area (Å²) in [7, 11) is -3.85. The first-order valence-electron chi connectivity index (χ1n) is 6.64. The Morgan fingerprint density at radius 3 is 2.67 bits per heavy atom. The molecule has 0 radical (unpaired) electrons. The van der Waals surface area contributed by atoms with Crippen molar-refractivity contribution in [2.24, 2.45) is 0 Å². The van der Waals surface area contributed by atoms with E-state index in [4.69, 9.17) is 14.6 Å². The number of carboxylic acids is 1. The van der Waals surface area contributed by atoms with Crippen LogP contribution in [0.3, 0.4) is 0 Å². The Hall–Kier alpha value is -1.80. The van der Waals surface area contributed by atoms with Gasteiger partial charge in [-0.2, -0.15) is 4.31 Å². The van der Waals surface area contributed by atoms with E-state index in [1.807, 2.05) is 0 Å². The lowest BCUT2D eigenvalue weighted by atomic mass is 10.2. The van der Waals surface area contributed by atoms with Gasteiger partial charge in [-0.15, -0.1) is 0 Å². The van der Waals surface area contributed by atoms with Crippen molar-refractivity contribution in [3.8, 4) is 11.5 Å². The van der Waals surface area contributed by atoms with Crippen LogP contribution >= 0.6 is 0 Å². The first kappa shape index (κ1) is 14.2. The van der Waals surface area contributed by atoms with Crippen molar-refractivity contribution < 1.29 is 27.8 Å². The standard InChI is InChI=1S/C13H15NO6S/c15-13(16)10-2-1-5-14(10)21(17,18)9-3-4-11-12(8-9)20-7-6-19-11/h3-4,8,10H,1-2,5-7H2,(H,15,16)/t10-/m1/s1. The maximum atomic E-state index is 12.6. The molecule has 2 heterocycles. The van der Waals surface area contributed by atoms with E-state index in [-0.39, 0.29) is 11.4 Å². The largest absolute Gasteiger partial charge is 0.486 e. The topological polar surface area (TPSA) is 93.1 Å². The van der Waals surface area contributed by atoms with Gasteiger partial charge in [0.25, 0.3) is 0 Å². The van der Waals surface area contributed by atoms with E-state index >= 15 is 0 Å². The summed E-state index contributed by atoms with van der Waals surface area (Å²) >= 11 is 0. The molecule has 3 rings (SSSR count). The molecule has 0 amide bonds. The van der Waals surface area contributed by atoms with Gasteiger partial charge in [0.2, 0.25) is 10.0 Å². The van der Waals surface area contributed by atoms with E-state index in [2.05, 4.69) is 0 Å². The van der Waals surface area contributed by atoms with Crippen LogP contribution in [-0.2, 0) is 14.8 Å². The molecule has 2 aliphatic rings. The van der Waals surface area contributed by atoms with Crippen LogP contribution in [0.2, 0.25) is 0 Å². The lowest BCUT2D eigenvalue weighted by Crippen LogP contribution is -2.40. The van der Waals surface area contributed by atoms with E-state index in [0.717, 1.165) is 4.31 Å². The molecule has 8 heteroatoms. The molecule has 114 valence electrons. The Bertz CT molecular complexity index is 671. The van der Waals surface area contributed by atoms with Gasteiger partial charge in [0, 0.05) is 12.6 Å². The first-order valence-corrected chi connectivity index (χ1v) is 8.08. The van der Waals surface area contributed by atoms with Crippen molar-refractivity contribution in [2.75, 3.05) is 19.8 Å². The number of rotatable bonds is 3. The van der Waals surface area contributed by atoms with Crippen molar-refractivity contribution >= 4 is 16.0 Å². The van der Waals surface area contributed by atoms with Gasteiger partial charge in [0.15, 0.2) is 11.5 Å². The van der Waals surface area contributed by atoms with Crippen molar-refractivity contribution in [2.45, 2.75) is 23.8 Å². The highest BCUT2D eigenvalue weighted by Gasteiger charge is 2.39. The van der Waals surface area contributed by atoms with Crippen molar-refractivity contribution in [3.05, 3.63) is 18.2 Å². The number of benzene rings is 1. The Labute approximate surface area is 122 Å². The fourth-order valence-corrected chi connectivity index (χ4v) is 4.26. The zero-order valence-corrected chi connectivity index (χ0v) is 12.0. The Balaban J connectivity index is 1.96. The summed E-state index contributed by atoms with van der Waals surface area (Å²) in [5, 5.41) is 9.14. The number of nitrogens with zero attached hydrogens (tertiary/aromatic N) is 1.